The molecule has 1 aliphatic carbocycles. The molecule has 0 unspecified atom stereocenters. The highest BCUT2D eigenvalue weighted by Crippen LogP contribution is 2.08. The number of carboxylic acid groups (broad SMARTS) is 1. The molecule has 0 bridgehead atoms. The molecule has 0 atom stereocenters. The number of carbonyl (C=O) groups is 1. The van der Waals surface area contributed by atoms with Crippen molar-refractivity contribution in [1.29, 1.82) is 0 Å². The van der Waals surface area contributed by atoms with Crippen LogP contribution in [-0.2, 0) is 11.2 Å². The van der Waals surface area contributed by atoms with Gasteiger partial charge < -0.3 is 5.11 Å². The Morgan fingerprint density at radius 3 is 3.06 bits per heavy atom. The van der Waals surface area contributed by atoms with E-state index in [1.54, 1.807) is 24.6 Å². The second-order valence-electron chi connectivity index (χ2n) is 3.62. The molecule has 1 aliphatic heterocycles. The minimum absolute atomic E-state index is 0.369. The third-order valence-electron chi connectivity index (χ3n) is 2.65. The van der Waals surface area contributed by atoms with Gasteiger partial charge in [0.05, 0.1) is 6.21 Å². The first-order chi connectivity index (χ1) is 7.75. The van der Waals surface area contributed by atoms with Crippen molar-refractivity contribution in [2.75, 3.05) is 0 Å². The van der Waals surface area contributed by atoms with Crippen molar-refractivity contribution in [1.82, 2.24) is 4.98 Å². The number of rotatable bonds is 1. The lowest BCUT2D eigenvalue weighted by atomic mass is 9.99. The molecule has 0 fully saturated rings. The first-order valence-corrected chi connectivity index (χ1v) is 4.79. The number of hydrogen-bond acceptors (Lipinski definition) is 4. The molecule has 5 nitrogen and oxygen atoms in total. The van der Waals surface area contributed by atoms with Crippen molar-refractivity contribution >= 4 is 18.3 Å². The van der Waals surface area contributed by atoms with E-state index in [0.29, 0.717) is 12.0 Å². The number of fused-ring (bicyclic) bond motifs is 3. The van der Waals surface area contributed by atoms with Gasteiger partial charge in [-0.05, 0) is 5.56 Å². The van der Waals surface area contributed by atoms with E-state index in [4.69, 9.17) is 5.11 Å². The summed E-state index contributed by atoms with van der Waals surface area (Å²) in [6.45, 7) is 0. The van der Waals surface area contributed by atoms with Gasteiger partial charge >= 0.3 is 5.97 Å². The Labute approximate surface area is 90.2 Å². The van der Waals surface area contributed by atoms with E-state index >= 15 is 0 Å². The van der Waals surface area contributed by atoms with Crippen molar-refractivity contribution < 1.29 is 9.90 Å². The number of nitrogens with zero attached hydrogens (tertiary/aromatic N) is 3. The predicted molar refractivity (Wildman–Crippen MR) is 56.5 cm³/mol. The summed E-state index contributed by atoms with van der Waals surface area (Å²) in [6, 6.07) is 0. The van der Waals surface area contributed by atoms with Crippen molar-refractivity contribution in [3.05, 3.63) is 39.7 Å². The van der Waals surface area contributed by atoms with Crippen LogP contribution in [0.15, 0.2) is 28.0 Å². The lowest BCUT2D eigenvalue weighted by molar-refractivity contribution is -0.132. The Morgan fingerprint density at radius 1 is 1.38 bits per heavy atom. The standard InChI is InChI=1S/C11H7N3O2/c15-11(16)6-1-2-8-7(3-6)4-12-9-5-13-14-10(8)9/h1-2,4-5H,3H2,(H,15,16). The topological polar surface area (TPSA) is 74.9 Å². The summed E-state index contributed by atoms with van der Waals surface area (Å²) in [5.41, 5.74) is 1.99. The molecule has 5 heteroatoms. The third-order valence-corrected chi connectivity index (χ3v) is 2.65. The van der Waals surface area contributed by atoms with E-state index in [0.717, 1.165) is 21.8 Å². The summed E-state index contributed by atoms with van der Waals surface area (Å²) >= 11 is 0. The SMILES string of the molecule is O=C(O)C1=CC=c2c(cnc3c2=NN=C3)C1. The summed E-state index contributed by atoms with van der Waals surface area (Å²) < 4.78 is 0. The van der Waals surface area contributed by atoms with Crippen LogP contribution in [0, 0.1) is 0 Å². The van der Waals surface area contributed by atoms with Crippen LogP contribution in [0.3, 0.4) is 0 Å². The first-order valence-electron chi connectivity index (χ1n) is 4.79. The highest BCUT2D eigenvalue weighted by molar-refractivity contribution is 5.89. The van der Waals surface area contributed by atoms with Crippen molar-refractivity contribution in [2.24, 2.45) is 10.2 Å². The van der Waals surface area contributed by atoms with Gasteiger partial charge in [0.15, 0.2) is 0 Å². The number of hydrogen-bond donors (Lipinski definition) is 1. The summed E-state index contributed by atoms with van der Waals surface area (Å²) in [4.78, 5) is 15.0. The fraction of sp³-hybridized carbons (Fsp3) is 0.0909. The van der Waals surface area contributed by atoms with Crippen molar-refractivity contribution in [2.45, 2.75) is 6.42 Å². The normalized spacial score (nSPS) is 15.6. The Morgan fingerprint density at radius 2 is 2.25 bits per heavy atom. The molecule has 3 rings (SSSR count). The number of aromatic nitrogens is 1. The number of allylic oxidation sites excluding steroid dienone is 1. The minimum atomic E-state index is -0.893. The molecule has 1 aromatic heterocycles. The molecule has 0 amide bonds. The zero-order valence-corrected chi connectivity index (χ0v) is 8.21. The number of pyridine rings is 1. The summed E-state index contributed by atoms with van der Waals surface area (Å²) in [5, 5.41) is 18.3. The molecule has 0 radical (unpaired) electrons. The van der Waals surface area contributed by atoms with Gasteiger partial charge in [0.2, 0.25) is 0 Å². The molecule has 2 aliphatic rings. The second kappa shape index (κ2) is 3.10. The van der Waals surface area contributed by atoms with E-state index in [2.05, 4.69) is 15.2 Å². The summed E-state index contributed by atoms with van der Waals surface area (Å²) in [7, 11) is 0. The molecule has 2 heterocycles. The fourth-order valence-corrected chi connectivity index (χ4v) is 1.83. The van der Waals surface area contributed by atoms with Crippen LogP contribution in [0.4, 0.5) is 0 Å². The zero-order valence-electron chi connectivity index (χ0n) is 8.21. The van der Waals surface area contributed by atoms with Gasteiger partial charge in [-0.1, -0.05) is 12.2 Å². The van der Waals surface area contributed by atoms with E-state index in [1.807, 2.05) is 0 Å². The average molecular weight is 213 g/mol. The first kappa shape index (κ1) is 8.96. The van der Waals surface area contributed by atoms with Crippen LogP contribution in [-0.4, -0.2) is 22.3 Å². The van der Waals surface area contributed by atoms with Gasteiger partial charge in [0, 0.05) is 23.4 Å². The average Bonchev–Trinajstić information content (AvgIpc) is 2.76. The molecular formula is C11H7N3O2. The Balaban J connectivity index is 2.27. The molecular weight excluding hydrogens is 206 g/mol. The van der Waals surface area contributed by atoms with Crippen molar-refractivity contribution in [3.8, 4) is 0 Å². The molecule has 0 saturated heterocycles. The van der Waals surface area contributed by atoms with Crippen LogP contribution in [0.5, 0.6) is 0 Å². The van der Waals surface area contributed by atoms with E-state index < -0.39 is 5.97 Å². The minimum Gasteiger partial charge on any atom is -0.478 e. The Hall–Kier alpha value is -2.30. The third kappa shape index (κ3) is 1.18. The number of aliphatic carboxylic acids is 1. The fourth-order valence-electron chi connectivity index (χ4n) is 1.83. The lowest BCUT2D eigenvalue weighted by Gasteiger charge is -2.07. The summed E-state index contributed by atoms with van der Waals surface area (Å²) in [5.74, 6) is -0.893. The maximum absolute atomic E-state index is 10.8. The molecule has 0 saturated carbocycles. The second-order valence-corrected chi connectivity index (χ2v) is 3.62. The van der Waals surface area contributed by atoms with E-state index in [9.17, 15) is 4.79 Å². The highest BCUT2D eigenvalue weighted by atomic mass is 16.4. The maximum atomic E-state index is 10.8. The van der Waals surface area contributed by atoms with Crippen LogP contribution in [0.25, 0.3) is 6.08 Å². The molecule has 1 N–H and O–H groups in total. The van der Waals surface area contributed by atoms with E-state index in [-0.39, 0.29) is 0 Å². The molecule has 0 spiro atoms. The smallest absolute Gasteiger partial charge is 0.331 e. The van der Waals surface area contributed by atoms with Crippen molar-refractivity contribution in [3.63, 3.8) is 0 Å². The molecule has 16 heavy (non-hydrogen) atoms. The van der Waals surface area contributed by atoms with Crippen LogP contribution >= 0.6 is 0 Å². The number of carboxylic acids is 1. The monoisotopic (exact) mass is 213 g/mol. The molecule has 78 valence electrons. The Bertz CT molecular complexity index is 671. The zero-order chi connectivity index (χ0) is 11.1. The largest absolute Gasteiger partial charge is 0.478 e. The van der Waals surface area contributed by atoms with Gasteiger partial charge in [-0.2, -0.15) is 5.10 Å². The van der Waals surface area contributed by atoms with Gasteiger partial charge in [0.1, 0.15) is 11.1 Å². The Kier molecular flexibility index (Phi) is 1.73. The van der Waals surface area contributed by atoms with Gasteiger partial charge in [-0.15, -0.1) is 5.10 Å². The van der Waals surface area contributed by atoms with Crippen LogP contribution in [0.2, 0.25) is 0 Å². The van der Waals surface area contributed by atoms with E-state index in [1.165, 1.54) is 0 Å². The summed E-state index contributed by atoms with van der Waals surface area (Å²) in [6.07, 6.45) is 7.05. The van der Waals surface area contributed by atoms with Gasteiger partial charge in [-0.3, -0.25) is 4.98 Å². The van der Waals surface area contributed by atoms with Crippen LogP contribution < -0.4 is 10.6 Å². The molecule has 1 aromatic rings. The van der Waals surface area contributed by atoms with Gasteiger partial charge in [0.25, 0.3) is 0 Å². The molecule has 0 aromatic carbocycles. The lowest BCUT2D eigenvalue weighted by Crippen LogP contribution is -2.34. The predicted octanol–water partition coefficient (Wildman–Crippen LogP) is -0.604. The highest BCUT2D eigenvalue weighted by Gasteiger charge is 2.15. The quantitative estimate of drug-likeness (QED) is 0.676. The van der Waals surface area contributed by atoms with Gasteiger partial charge in [-0.25, -0.2) is 4.79 Å². The van der Waals surface area contributed by atoms with Crippen LogP contribution in [0.1, 0.15) is 11.3 Å². The maximum Gasteiger partial charge on any atom is 0.331 e.